The predicted molar refractivity (Wildman–Crippen MR) is 64.5 cm³/mol. The number of ether oxygens (including phenoxy) is 1. The molecule has 2 aromatic rings. The molecule has 0 saturated heterocycles. The van der Waals surface area contributed by atoms with Crippen molar-refractivity contribution in [2.75, 3.05) is 12.4 Å². The molecule has 0 spiro atoms. The van der Waals surface area contributed by atoms with Gasteiger partial charge >= 0.3 is 0 Å². The maximum atomic E-state index is 12.7. The summed E-state index contributed by atoms with van der Waals surface area (Å²) in [5.74, 6) is 1.07. The van der Waals surface area contributed by atoms with Crippen LogP contribution in [0.15, 0.2) is 42.5 Å². The number of hydrogen-bond donors (Lipinski definition) is 1. The summed E-state index contributed by atoms with van der Waals surface area (Å²) >= 11 is 0. The molecule has 0 bridgehead atoms. The van der Waals surface area contributed by atoms with Crippen LogP contribution in [0.1, 0.15) is 5.56 Å². The second kappa shape index (κ2) is 5.30. The fraction of sp³-hybridized carbons (Fsp3) is 0.154. The van der Waals surface area contributed by atoms with Gasteiger partial charge in [0, 0.05) is 12.6 Å². The van der Waals surface area contributed by atoms with E-state index in [9.17, 15) is 4.39 Å². The first-order chi connectivity index (χ1) is 8.28. The topological polar surface area (TPSA) is 34.1 Å². The highest BCUT2D eigenvalue weighted by atomic mass is 19.1. The molecule has 1 aromatic heterocycles. The first kappa shape index (κ1) is 11.4. The van der Waals surface area contributed by atoms with Crippen LogP contribution in [0.25, 0.3) is 0 Å². The molecular formula is C13H13FN2O. The minimum atomic E-state index is -0.228. The van der Waals surface area contributed by atoms with Crippen LogP contribution in [-0.2, 0) is 6.54 Å². The molecule has 0 saturated carbocycles. The van der Waals surface area contributed by atoms with Crippen LogP contribution in [0, 0.1) is 5.82 Å². The summed E-state index contributed by atoms with van der Waals surface area (Å²) in [7, 11) is 1.58. The zero-order valence-corrected chi connectivity index (χ0v) is 9.48. The van der Waals surface area contributed by atoms with Gasteiger partial charge in [-0.25, -0.2) is 4.39 Å². The minimum Gasteiger partial charge on any atom is -0.481 e. The third kappa shape index (κ3) is 3.17. The van der Waals surface area contributed by atoms with Gasteiger partial charge in [-0.05, 0) is 23.8 Å². The number of pyridine rings is 1. The van der Waals surface area contributed by atoms with Gasteiger partial charge in [0.2, 0.25) is 5.88 Å². The van der Waals surface area contributed by atoms with Crippen LogP contribution in [-0.4, -0.2) is 12.1 Å². The summed E-state index contributed by atoms with van der Waals surface area (Å²) in [6, 6.07) is 11.9. The minimum absolute atomic E-state index is 0.228. The summed E-state index contributed by atoms with van der Waals surface area (Å²) in [6.07, 6.45) is 0. The molecule has 0 aliphatic rings. The zero-order valence-electron chi connectivity index (χ0n) is 9.48. The molecule has 17 heavy (non-hydrogen) atoms. The van der Waals surface area contributed by atoms with Crippen molar-refractivity contribution < 1.29 is 9.13 Å². The fourth-order valence-corrected chi connectivity index (χ4v) is 1.42. The molecule has 88 valence electrons. The highest BCUT2D eigenvalue weighted by Crippen LogP contribution is 2.12. The van der Waals surface area contributed by atoms with Gasteiger partial charge in [-0.2, -0.15) is 4.98 Å². The van der Waals surface area contributed by atoms with E-state index in [-0.39, 0.29) is 5.82 Å². The molecule has 2 rings (SSSR count). The van der Waals surface area contributed by atoms with Crippen LogP contribution in [0.2, 0.25) is 0 Å². The molecule has 1 aromatic carbocycles. The van der Waals surface area contributed by atoms with Crippen molar-refractivity contribution in [3.63, 3.8) is 0 Å². The maximum Gasteiger partial charge on any atom is 0.214 e. The monoisotopic (exact) mass is 232 g/mol. The van der Waals surface area contributed by atoms with Crippen LogP contribution in [0.4, 0.5) is 10.2 Å². The molecule has 0 fully saturated rings. The van der Waals surface area contributed by atoms with Crippen molar-refractivity contribution in [2.45, 2.75) is 6.54 Å². The van der Waals surface area contributed by atoms with Crippen molar-refractivity contribution in [3.05, 3.63) is 53.8 Å². The van der Waals surface area contributed by atoms with Crippen molar-refractivity contribution in [1.82, 2.24) is 4.98 Å². The highest BCUT2D eigenvalue weighted by Gasteiger charge is 1.98. The Labute approximate surface area is 99.3 Å². The Balaban J connectivity index is 1.99. The summed E-state index contributed by atoms with van der Waals surface area (Å²) in [6.45, 7) is 0.598. The first-order valence-corrected chi connectivity index (χ1v) is 5.27. The summed E-state index contributed by atoms with van der Waals surface area (Å²) in [4.78, 5) is 4.22. The molecule has 3 nitrogen and oxygen atoms in total. The highest BCUT2D eigenvalue weighted by molar-refractivity contribution is 5.38. The van der Waals surface area contributed by atoms with E-state index >= 15 is 0 Å². The maximum absolute atomic E-state index is 12.7. The number of aromatic nitrogens is 1. The van der Waals surface area contributed by atoms with E-state index in [2.05, 4.69) is 10.3 Å². The van der Waals surface area contributed by atoms with Gasteiger partial charge in [0.15, 0.2) is 0 Å². The van der Waals surface area contributed by atoms with Crippen LogP contribution in [0.5, 0.6) is 5.88 Å². The third-order valence-corrected chi connectivity index (χ3v) is 2.32. The lowest BCUT2D eigenvalue weighted by molar-refractivity contribution is 0.398. The molecule has 0 amide bonds. The van der Waals surface area contributed by atoms with Gasteiger partial charge in [-0.15, -0.1) is 0 Å². The standard InChI is InChI=1S/C13H13FN2O/c1-17-13-4-2-3-12(16-13)15-9-10-5-7-11(14)8-6-10/h2-8H,9H2,1H3,(H,15,16). The average Bonchev–Trinajstić information content (AvgIpc) is 2.38. The quantitative estimate of drug-likeness (QED) is 0.880. The van der Waals surface area contributed by atoms with E-state index < -0.39 is 0 Å². The largest absolute Gasteiger partial charge is 0.481 e. The Morgan fingerprint density at radius 3 is 2.65 bits per heavy atom. The lowest BCUT2D eigenvalue weighted by Gasteiger charge is -2.06. The summed E-state index contributed by atoms with van der Waals surface area (Å²) in [5, 5.41) is 3.14. The van der Waals surface area contributed by atoms with E-state index in [1.807, 2.05) is 12.1 Å². The Bertz CT molecular complexity index is 485. The van der Waals surface area contributed by atoms with Crippen LogP contribution < -0.4 is 10.1 Å². The number of nitrogens with one attached hydrogen (secondary N) is 1. The van der Waals surface area contributed by atoms with Gasteiger partial charge < -0.3 is 10.1 Å². The Morgan fingerprint density at radius 1 is 1.18 bits per heavy atom. The smallest absolute Gasteiger partial charge is 0.214 e. The van der Waals surface area contributed by atoms with E-state index in [1.54, 1.807) is 25.3 Å². The van der Waals surface area contributed by atoms with E-state index in [0.29, 0.717) is 12.4 Å². The van der Waals surface area contributed by atoms with Crippen molar-refractivity contribution in [3.8, 4) is 5.88 Å². The van der Waals surface area contributed by atoms with Gasteiger partial charge in [-0.1, -0.05) is 18.2 Å². The van der Waals surface area contributed by atoms with Crippen LogP contribution >= 0.6 is 0 Å². The number of nitrogens with zero attached hydrogens (tertiary/aromatic N) is 1. The van der Waals surface area contributed by atoms with Crippen molar-refractivity contribution >= 4 is 5.82 Å². The van der Waals surface area contributed by atoms with Crippen molar-refractivity contribution in [1.29, 1.82) is 0 Å². The summed E-state index contributed by atoms with van der Waals surface area (Å²) in [5.41, 5.74) is 0.996. The molecule has 0 radical (unpaired) electrons. The number of methoxy groups -OCH3 is 1. The SMILES string of the molecule is COc1cccc(NCc2ccc(F)cc2)n1. The number of anilines is 1. The number of halogens is 1. The fourth-order valence-electron chi connectivity index (χ4n) is 1.42. The lowest BCUT2D eigenvalue weighted by Crippen LogP contribution is -2.01. The van der Waals surface area contributed by atoms with E-state index in [1.165, 1.54) is 12.1 Å². The Morgan fingerprint density at radius 2 is 1.94 bits per heavy atom. The van der Waals surface area contributed by atoms with Crippen LogP contribution in [0.3, 0.4) is 0 Å². The normalized spacial score (nSPS) is 10.0. The molecule has 0 aliphatic carbocycles. The molecule has 4 heteroatoms. The summed E-state index contributed by atoms with van der Waals surface area (Å²) < 4.78 is 17.7. The second-order valence-corrected chi connectivity index (χ2v) is 3.55. The second-order valence-electron chi connectivity index (χ2n) is 3.55. The Hall–Kier alpha value is -2.10. The molecule has 1 N–H and O–H groups in total. The van der Waals surface area contributed by atoms with Gasteiger partial charge in [0.25, 0.3) is 0 Å². The Kier molecular flexibility index (Phi) is 3.55. The van der Waals surface area contributed by atoms with Gasteiger partial charge in [-0.3, -0.25) is 0 Å². The van der Waals surface area contributed by atoms with E-state index in [4.69, 9.17) is 4.74 Å². The zero-order chi connectivity index (χ0) is 12.1. The number of rotatable bonds is 4. The third-order valence-electron chi connectivity index (χ3n) is 2.32. The number of benzene rings is 1. The first-order valence-electron chi connectivity index (χ1n) is 5.27. The van der Waals surface area contributed by atoms with Crippen molar-refractivity contribution in [2.24, 2.45) is 0 Å². The van der Waals surface area contributed by atoms with Gasteiger partial charge in [0.1, 0.15) is 11.6 Å². The molecule has 0 atom stereocenters. The molecule has 1 heterocycles. The number of hydrogen-bond acceptors (Lipinski definition) is 3. The average molecular weight is 232 g/mol. The molecule has 0 aliphatic heterocycles. The molecule has 0 unspecified atom stereocenters. The molecular weight excluding hydrogens is 219 g/mol. The lowest BCUT2D eigenvalue weighted by atomic mass is 10.2. The predicted octanol–water partition coefficient (Wildman–Crippen LogP) is 2.84. The van der Waals surface area contributed by atoms with E-state index in [0.717, 1.165) is 11.4 Å². The van der Waals surface area contributed by atoms with Gasteiger partial charge in [0.05, 0.1) is 7.11 Å².